The van der Waals surface area contributed by atoms with Gasteiger partial charge in [-0.1, -0.05) is 30.3 Å². The molecular formula is C21H23FN2O4. The molecule has 1 heterocycles. The third-order valence-corrected chi connectivity index (χ3v) is 4.61. The zero-order chi connectivity index (χ0) is 20.0. The Balaban J connectivity index is 1.69. The summed E-state index contributed by atoms with van der Waals surface area (Å²) in [7, 11) is 0. The van der Waals surface area contributed by atoms with Crippen molar-refractivity contribution in [2.24, 2.45) is 5.73 Å². The van der Waals surface area contributed by atoms with Crippen molar-refractivity contribution >= 4 is 11.8 Å². The summed E-state index contributed by atoms with van der Waals surface area (Å²) >= 11 is 0. The smallest absolute Gasteiger partial charge is 0.227 e. The van der Waals surface area contributed by atoms with Crippen molar-refractivity contribution in [3.8, 4) is 5.75 Å². The first-order chi connectivity index (χ1) is 13.5. The van der Waals surface area contributed by atoms with E-state index in [9.17, 15) is 14.0 Å². The number of rotatable bonds is 7. The third kappa shape index (κ3) is 5.29. The summed E-state index contributed by atoms with van der Waals surface area (Å²) in [5.41, 5.74) is 5.30. The van der Waals surface area contributed by atoms with Gasteiger partial charge in [0.2, 0.25) is 11.8 Å². The Morgan fingerprint density at radius 3 is 2.54 bits per heavy atom. The van der Waals surface area contributed by atoms with E-state index in [4.69, 9.17) is 15.2 Å². The molecule has 0 aromatic heterocycles. The van der Waals surface area contributed by atoms with Crippen LogP contribution in [0.3, 0.4) is 0 Å². The van der Waals surface area contributed by atoms with Crippen molar-refractivity contribution in [2.75, 3.05) is 26.3 Å². The second-order valence-corrected chi connectivity index (χ2v) is 6.89. The quantitative estimate of drug-likeness (QED) is 0.788. The highest BCUT2D eigenvalue weighted by molar-refractivity contribution is 5.79. The van der Waals surface area contributed by atoms with Crippen LogP contribution < -0.4 is 10.5 Å². The zero-order valence-electron chi connectivity index (χ0n) is 15.5. The van der Waals surface area contributed by atoms with E-state index < -0.39 is 11.5 Å². The molecule has 0 radical (unpaired) electrons. The number of ether oxygens (including phenoxy) is 2. The number of carbonyl (C=O) groups excluding carboxylic acids is 2. The molecule has 0 unspecified atom stereocenters. The molecular weight excluding hydrogens is 363 g/mol. The molecule has 0 spiro atoms. The van der Waals surface area contributed by atoms with Crippen LogP contribution in [-0.2, 0) is 20.7 Å². The standard InChI is InChI=1S/C21H23FN2O4/c22-17-6-8-18(9-7-17)27-15-21(13-19(23)25)14-24(10-11-28-21)20(26)12-16-4-2-1-3-5-16/h1-9H,10-15H2,(H2,23,25)/t21-/m1/s1. The van der Waals surface area contributed by atoms with Gasteiger partial charge in [0.1, 0.15) is 23.8 Å². The molecule has 148 valence electrons. The van der Waals surface area contributed by atoms with E-state index in [0.29, 0.717) is 12.3 Å². The fourth-order valence-corrected chi connectivity index (χ4v) is 3.25. The van der Waals surface area contributed by atoms with E-state index >= 15 is 0 Å². The topological polar surface area (TPSA) is 81.9 Å². The second kappa shape index (κ2) is 8.84. The molecule has 0 bridgehead atoms. The van der Waals surface area contributed by atoms with Gasteiger partial charge < -0.3 is 20.1 Å². The molecule has 2 amide bonds. The van der Waals surface area contributed by atoms with Crippen molar-refractivity contribution in [1.82, 2.24) is 4.90 Å². The molecule has 0 aliphatic carbocycles. The number of halogens is 1. The normalized spacial score (nSPS) is 19.2. The summed E-state index contributed by atoms with van der Waals surface area (Å²) in [6, 6.07) is 15.0. The number of hydrogen-bond acceptors (Lipinski definition) is 4. The van der Waals surface area contributed by atoms with Crippen LogP contribution in [0.1, 0.15) is 12.0 Å². The average Bonchev–Trinajstić information content (AvgIpc) is 2.68. The Kier molecular flexibility index (Phi) is 6.26. The van der Waals surface area contributed by atoms with Crippen LogP contribution in [0.4, 0.5) is 4.39 Å². The molecule has 2 N–H and O–H groups in total. The van der Waals surface area contributed by atoms with Gasteiger partial charge in [-0.2, -0.15) is 0 Å². The highest BCUT2D eigenvalue weighted by atomic mass is 19.1. The minimum atomic E-state index is -1.04. The molecule has 1 aliphatic heterocycles. The number of hydrogen-bond donors (Lipinski definition) is 1. The maximum absolute atomic E-state index is 13.1. The van der Waals surface area contributed by atoms with E-state index in [1.165, 1.54) is 24.3 Å². The molecule has 6 nitrogen and oxygen atoms in total. The fraction of sp³-hybridized carbons (Fsp3) is 0.333. The van der Waals surface area contributed by atoms with Gasteiger partial charge in [-0.25, -0.2) is 4.39 Å². The molecule has 1 saturated heterocycles. The van der Waals surface area contributed by atoms with Gasteiger partial charge in [0.25, 0.3) is 0 Å². The van der Waals surface area contributed by atoms with E-state index in [2.05, 4.69) is 0 Å². The van der Waals surface area contributed by atoms with Crippen LogP contribution >= 0.6 is 0 Å². The Hall–Kier alpha value is -2.93. The molecule has 7 heteroatoms. The van der Waals surface area contributed by atoms with Crippen LogP contribution in [0, 0.1) is 5.82 Å². The van der Waals surface area contributed by atoms with Crippen molar-refractivity contribution in [3.63, 3.8) is 0 Å². The van der Waals surface area contributed by atoms with Gasteiger partial charge in [-0.15, -0.1) is 0 Å². The third-order valence-electron chi connectivity index (χ3n) is 4.61. The van der Waals surface area contributed by atoms with E-state index in [-0.39, 0.29) is 44.3 Å². The molecule has 1 atom stereocenters. The first kappa shape index (κ1) is 19.8. The van der Waals surface area contributed by atoms with Gasteiger partial charge in [-0.3, -0.25) is 9.59 Å². The highest BCUT2D eigenvalue weighted by Gasteiger charge is 2.40. The largest absolute Gasteiger partial charge is 0.490 e. The number of carbonyl (C=O) groups is 2. The zero-order valence-corrected chi connectivity index (χ0v) is 15.5. The summed E-state index contributed by atoms with van der Waals surface area (Å²) in [6.07, 6.45) is 0.190. The lowest BCUT2D eigenvalue weighted by molar-refractivity contribution is -0.161. The van der Waals surface area contributed by atoms with Crippen molar-refractivity contribution in [3.05, 3.63) is 66.0 Å². The average molecular weight is 386 g/mol. The van der Waals surface area contributed by atoms with Crippen molar-refractivity contribution in [1.29, 1.82) is 0 Å². The van der Waals surface area contributed by atoms with Crippen LogP contribution in [0.2, 0.25) is 0 Å². The predicted molar refractivity (Wildman–Crippen MR) is 101 cm³/mol. The first-order valence-electron chi connectivity index (χ1n) is 9.08. The lowest BCUT2D eigenvalue weighted by Gasteiger charge is -2.42. The number of primary amides is 1. The summed E-state index contributed by atoms with van der Waals surface area (Å²) in [5.74, 6) is -0.516. The van der Waals surface area contributed by atoms with Gasteiger partial charge >= 0.3 is 0 Å². The number of morpholine rings is 1. The summed E-state index contributed by atoms with van der Waals surface area (Å²) in [6.45, 7) is 0.933. The second-order valence-electron chi connectivity index (χ2n) is 6.89. The molecule has 1 fully saturated rings. The van der Waals surface area contributed by atoms with Crippen molar-refractivity contribution in [2.45, 2.75) is 18.4 Å². The van der Waals surface area contributed by atoms with Gasteiger partial charge in [0, 0.05) is 6.54 Å². The first-order valence-corrected chi connectivity index (χ1v) is 9.08. The van der Waals surface area contributed by atoms with E-state index in [0.717, 1.165) is 5.56 Å². The van der Waals surface area contributed by atoms with Crippen molar-refractivity contribution < 1.29 is 23.5 Å². The number of nitrogens with two attached hydrogens (primary N) is 1. The Morgan fingerprint density at radius 2 is 1.86 bits per heavy atom. The molecule has 2 aromatic carbocycles. The van der Waals surface area contributed by atoms with Crippen LogP contribution in [0.15, 0.2) is 54.6 Å². The van der Waals surface area contributed by atoms with Crippen LogP contribution in [0.5, 0.6) is 5.75 Å². The number of amides is 2. The van der Waals surface area contributed by atoms with E-state index in [1.807, 2.05) is 30.3 Å². The lowest BCUT2D eigenvalue weighted by Crippen LogP contribution is -2.58. The summed E-state index contributed by atoms with van der Waals surface area (Å²) in [4.78, 5) is 26.0. The molecule has 3 rings (SSSR count). The summed E-state index contributed by atoms with van der Waals surface area (Å²) in [5, 5.41) is 0. The minimum absolute atomic E-state index is 0.0245. The molecule has 28 heavy (non-hydrogen) atoms. The van der Waals surface area contributed by atoms with Gasteiger partial charge in [-0.05, 0) is 29.8 Å². The highest BCUT2D eigenvalue weighted by Crippen LogP contribution is 2.25. The maximum Gasteiger partial charge on any atom is 0.227 e. The Morgan fingerprint density at radius 1 is 1.14 bits per heavy atom. The Bertz CT molecular complexity index is 813. The fourth-order valence-electron chi connectivity index (χ4n) is 3.25. The van der Waals surface area contributed by atoms with Gasteiger partial charge in [0.05, 0.1) is 26.0 Å². The van der Waals surface area contributed by atoms with Crippen LogP contribution in [0.25, 0.3) is 0 Å². The van der Waals surface area contributed by atoms with Gasteiger partial charge in [0.15, 0.2) is 0 Å². The maximum atomic E-state index is 13.1. The lowest BCUT2D eigenvalue weighted by atomic mass is 9.97. The summed E-state index contributed by atoms with van der Waals surface area (Å²) < 4.78 is 24.6. The SMILES string of the molecule is NC(=O)C[C@]1(COc2ccc(F)cc2)CN(C(=O)Cc2ccccc2)CCO1. The minimum Gasteiger partial charge on any atom is -0.490 e. The molecule has 1 aliphatic rings. The monoisotopic (exact) mass is 386 g/mol. The van der Waals surface area contributed by atoms with Crippen LogP contribution in [-0.4, -0.2) is 48.6 Å². The number of benzene rings is 2. The van der Waals surface area contributed by atoms with E-state index in [1.54, 1.807) is 4.90 Å². The predicted octanol–water partition coefficient (Wildman–Crippen LogP) is 1.92. The Labute approximate surface area is 163 Å². The number of nitrogens with zero attached hydrogens (tertiary/aromatic N) is 1. The molecule has 0 saturated carbocycles. The molecule has 2 aromatic rings.